The van der Waals surface area contributed by atoms with Gasteiger partial charge in [-0.3, -0.25) is 4.79 Å². The first-order chi connectivity index (χ1) is 9.66. The summed E-state index contributed by atoms with van der Waals surface area (Å²) in [5, 5.41) is 2.96. The Morgan fingerprint density at radius 3 is 2.65 bits per heavy atom. The summed E-state index contributed by atoms with van der Waals surface area (Å²) in [4.78, 5) is 14.0. The van der Waals surface area contributed by atoms with Gasteiger partial charge in [-0.2, -0.15) is 0 Å². The van der Waals surface area contributed by atoms with E-state index in [1.165, 1.54) is 11.3 Å². The molecule has 0 aromatic heterocycles. The van der Waals surface area contributed by atoms with E-state index in [4.69, 9.17) is 4.74 Å². The molecule has 1 N–H and O–H groups in total. The number of hydrogen-bond donors (Lipinski definition) is 1. The Morgan fingerprint density at radius 2 is 2.05 bits per heavy atom. The first-order valence-corrected chi connectivity index (χ1v) is 7.32. The highest BCUT2D eigenvalue weighted by Gasteiger charge is 2.21. The minimum atomic E-state index is -0.236. The standard InChI is InChI=1S/C16H24N2O2/c1-18(2)14-8-6-13(7-9-14)10-11-17-16(19)15-5-3-4-12-20-15/h6-9,15H,3-5,10-12H2,1-2H3,(H,17,19)/t15-/m1/s1. The summed E-state index contributed by atoms with van der Waals surface area (Å²) in [5.74, 6) is 0.0367. The fourth-order valence-electron chi connectivity index (χ4n) is 2.35. The number of benzene rings is 1. The maximum atomic E-state index is 11.9. The second-order valence-corrected chi connectivity index (χ2v) is 5.46. The van der Waals surface area contributed by atoms with Crippen LogP contribution in [0.5, 0.6) is 0 Å². The third kappa shape index (κ3) is 4.23. The van der Waals surface area contributed by atoms with Crippen molar-refractivity contribution in [3.63, 3.8) is 0 Å². The predicted octanol–water partition coefficient (Wildman–Crippen LogP) is 1.98. The van der Waals surface area contributed by atoms with Gasteiger partial charge in [-0.25, -0.2) is 0 Å². The largest absolute Gasteiger partial charge is 0.378 e. The van der Waals surface area contributed by atoms with Crippen molar-refractivity contribution in [2.75, 3.05) is 32.1 Å². The minimum Gasteiger partial charge on any atom is -0.378 e. The van der Waals surface area contributed by atoms with Crippen molar-refractivity contribution in [2.45, 2.75) is 31.8 Å². The van der Waals surface area contributed by atoms with E-state index in [1.807, 2.05) is 14.1 Å². The van der Waals surface area contributed by atoms with Crippen molar-refractivity contribution in [3.8, 4) is 0 Å². The number of rotatable bonds is 5. The molecule has 1 fully saturated rings. The molecular formula is C16H24N2O2. The van der Waals surface area contributed by atoms with Crippen LogP contribution in [0.25, 0.3) is 0 Å². The van der Waals surface area contributed by atoms with Crippen LogP contribution in [0.1, 0.15) is 24.8 Å². The summed E-state index contributed by atoms with van der Waals surface area (Å²) in [5.41, 5.74) is 2.42. The molecule has 4 heteroatoms. The lowest BCUT2D eigenvalue weighted by Gasteiger charge is -2.21. The maximum absolute atomic E-state index is 11.9. The summed E-state index contributed by atoms with van der Waals surface area (Å²) >= 11 is 0. The zero-order chi connectivity index (χ0) is 14.4. The Hall–Kier alpha value is -1.55. The van der Waals surface area contributed by atoms with Crippen LogP contribution in [0.3, 0.4) is 0 Å². The number of amides is 1. The molecule has 0 saturated carbocycles. The average Bonchev–Trinajstić information content (AvgIpc) is 2.48. The van der Waals surface area contributed by atoms with Gasteiger partial charge in [0.15, 0.2) is 0 Å². The molecule has 4 nitrogen and oxygen atoms in total. The van der Waals surface area contributed by atoms with Gasteiger partial charge >= 0.3 is 0 Å². The number of nitrogens with zero attached hydrogens (tertiary/aromatic N) is 1. The quantitative estimate of drug-likeness (QED) is 0.894. The van der Waals surface area contributed by atoms with Crippen molar-refractivity contribution in [1.82, 2.24) is 5.32 Å². The third-order valence-electron chi connectivity index (χ3n) is 3.64. The third-order valence-corrected chi connectivity index (χ3v) is 3.64. The van der Waals surface area contributed by atoms with Gasteiger partial charge in [0.1, 0.15) is 6.10 Å². The summed E-state index contributed by atoms with van der Waals surface area (Å²) in [7, 11) is 4.05. The SMILES string of the molecule is CN(C)c1ccc(CCNC(=O)[C@H]2CCCCO2)cc1. The van der Waals surface area contributed by atoms with E-state index in [0.717, 1.165) is 25.7 Å². The lowest BCUT2D eigenvalue weighted by Crippen LogP contribution is -2.39. The minimum absolute atomic E-state index is 0.0367. The van der Waals surface area contributed by atoms with Gasteiger partial charge in [0.25, 0.3) is 0 Å². The molecule has 1 aliphatic heterocycles. The molecular weight excluding hydrogens is 252 g/mol. The van der Waals surface area contributed by atoms with Crippen molar-refractivity contribution < 1.29 is 9.53 Å². The monoisotopic (exact) mass is 276 g/mol. The second-order valence-electron chi connectivity index (χ2n) is 5.46. The molecule has 1 aromatic carbocycles. The summed E-state index contributed by atoms with van der Waals surface area (Å²) in [6.07, 6.45) is 3.63. The summed E-state index contributed by atoms with van der Waals surface area (Å²) < 4.78 is 5.47. The van der Waals surface area contributed by atoms with Crippen LogP contribution >= 0.6 is 0 Å². The highest BCUT2D eigenvalue weighted by atomic mass is 16.5. The van der Waals surface area contributed by atoms with Gasteiger partial charge in [0.2, 0.25) is 5.91 Å². The van der Waals surface area contributed by atoms with E-state index >= 15 is 0 Å². The molecule has 0 bridgehead atoms. The van der Waals surface area contributed by atoms with Crippen LogP contribution in [0, 0.1) is 0 Å². The van der Waals surface area contributed by atoms with Crippen LogP contribution in [0.2, 0.25) is 0 Å². The molecule has 1 heterocycles. The Labute approximate surface area is 121 Å². The van der Waals surface area contributed by atoms with E-state index in [2.05, 4.69) is 34.5 Å². The number of hydrogen-bond acceptors (Lipinski definition) is 3. The van der Waals surface area contributed by atoms with Gasteiger partial charge in [-0.05, 0) is 43.4 Å². The van der Waals surface area contributed by atoms with Crippen molar-refractivity contribution in [1.29, 1.82) is 0 Å². The molecule has 0 radical (unpaired) electrons. The average molecular weight is 276 g/mol. The molecule has 1 aromatic rings. The fourth-order valence-corrected chi connectivity index (χ4v) is 2.35. The molecule has 0 aliphatic carbocycles. The second kappa shape index (κ2) is 7.29. The fraction of sp³-hybridized carbons (Fsp3) is 0.562. The zero-order valence-corrected chi connectivity index (χ0v) is 12.4. The number of nitrogens with one attached hydrogen (secondary N) is 1. The Morgan fingerprint density at radius 1 is 1.30 bits per heavy atom. The Bertz CT molecular complexity index is 423. The molecule has 1 atom stereocenters. The van der Waals surface area contributed by atoms with Gasteiger partial charge < -0.3 is 15.0 Å². The molecule has 1 saturated heterocycles. The number of carbonyl (C=O) groups excluding carboxylic acids is 1. The smallest absolute Gasteiger partial charge is 0.249 e. The number of ether oxygens (including phenoxy) is 1. The highest BCUT2D eigenvalue weighted by molar-refractivity contribution is 5.80. The lowest BCUT2D eigenvalue weighted by molar-refractivity contribution is -0.135. The van der Waals surface area contributed by atoms with Gasteiger partial charge in [0, 0.05) is 32.9 Å². The summed E-state index contributed by atoms with van der Waals surface area (Å²) in [6, 6.07) is 8.42. The lowest BCUT2D eigenvalue weighted by atomic mass is 10.1. The van der Waals surface area contributed by atoms with Crippen molar-refractivity contribution >= 4 is 11.6 Å². The van der Waals surface area contributed by atoms with Gasteiger partial charge in [-0.1, -0.05) is 12.1 Å². The van der Waals surface area contributed by atoms with E-state index in [1.54, 1.807) is 0 Å². The Kier molecular flexibility index (Phi) is 5.41. The molecule has 1 aliphatic rings. The van der Waals surface area contributed by atoms with E-state index in [9.17, 15) is 4.79 Å². The van der Waals surface area contributed by atoms with Gasteiger partial charge in [0.05, 0.1) is 0 Å². The number of carbonyl (C=O) groups is 1. The topological polar surface area (TPSA) is 41.6 Å². The normalized spacial score (nSPS) is 18.6. The predicted molar refractivity (Wildman–Crippen MR) is 81.1 cm³/mol. The van der Waals surface area contributed by atoms with Crippen LogP contribution in [-0.2, 0) is 16.0 Å². The van der Waals surface area contributed by atoms with Crippen LogP contribution in [-0.4, -0.2) is 39.3 Å². The zero-order valence-electron chi connectivity index (χ0n) is 12.4. The molecule has 110 valence electrons. The molecule has 0 unspecified atom stereocenters. The molecule has 20 heavy (non-hydrogen) atoms. The van der Waals surface area contributed by atoms with Crippen LogP contribution in [0.15, 0.2) is 24.3 Å². The van der Waals surface area contributed by atoms with Crippen molar-refractivity contribution in [2.24, 2.45) is 0 Å². The first kappa shape index (κ1) is 14.9. The molecule has 2 rings (SSSR count). The molecule has 1 amide bonds. The Balaban J connectivity index is 1.73. The van der Waals surface area contributed by atoms with Crippen LogP contribution in [0.4, 0.5) is 5.69 Å². The number of anilines is 1. The maximum Gasteiger partial charge on any atom is 0.249 e. The summed E-state index contributed by atoms with van der Waals surface area (Å²) in [6.45, 7) is 1.38. The van der Waals surface area contributed by atoms with Crippen molar-refractivity contribution in [3.05, 3.63) is 29.8 Å². The van der Waals surface area contributed by atoms with E-state index in [-0.39, 0.29) is 12.0 Å². The first-order valence-electron chi connectivity index (χ1n) is 7.32. The van der Waals surface area contributed by atoms with E-state index in [0.29, 0.717) is 13.2 Å². The highest BCUT2D eigenvalue weighted by Crippen LogP contribution is 2.13. The van der Waals surface area contributed by atoms with Gasteiger partial charge in [-0.15, -0.1) is 0 Å². The van der Waals surface area contributed by atoms with E-state index < -0.39 is 0 Å². The molecule has 0 spiro atoms. The van der Waals surface area contributed by atoms with Crippen LogP contribution < -0.4 is 10.2 Å².